The molecule has 2 fully saturated rings. The summed E-state index contributed by atoms with van der Waals surface area (Å²) in [6.45, 7) is 0. The molecule has 0 radical (unpaired) electrons. The summed E-state index contributed by atoms with van der Waals surface area (Å²) >= 11 is 0.994. The maximum absolute atomic E-state index is 11.9. The van der Waals surface area contributed by atoms with Crippen molar-refractivity contribution in [3.05, 3.63) is 0 Å². The maximum atomic E-state index is 11.9. The van der Waals surface area contributed by atoms with Crippen LogP contribution in [0.3, 0.4) is 0 Å². The van der Waals surface area contributed by atoms with Gasteiger partial charge in [0, 0.05) is 6.42 Å². The van der Waals surface area contributed by atoms with Gasteiger partial charge in [-0.15, -0.1) is 0 Å². The van der Waals surface area contributed by atoms with E-state index in [0.717, 1.165) is 18.2 Å². The number of hydrogen-bond acceptors (Lipinski definition) is 4. The first-order valence-electron chi connectivity index (χ1n) is 6.40. The Bertz CT molecular complexity index is 316. The van der Waals surface area contributed by atoms with Crippen LogP contribution in [0, 0.1) is 11.8 Å². The summed E-state index contributed by atoms with van der Waals surface area (Å²) < 4.78 is 0. The normalized spacial score (nSPS) is 26.5. The van der Waals surface area contributed by atoms with Crippen LogP contribution in [0.4, 0.5) is 0 Å². The monoisotopic (exact) mass is 254 g/mol. The van der Waals surface area contributed by atoms with Crippen LogP contribution in [-0.2, 0) is 14.4 Å². The van der Waals surface area contributed by atoms with Gasteiger partial charge >= 0.3 is 0 Å². The molecule has 1 aliphatic heterocycles. The van der Waals surface area contributed by atoms with Gasteiger partial charge in [-0.05, 0) is 12.3 Å². The van der Waals surface area contributed by atoms with Gasteiger partial charge in [-0.2, -0.15) is 0 Å². The van der Waals surface area contributed by atoms with Crippen molar-refractivity contribution in [1.29, 1.82) is 0 Å². The van der Waals surface area contributed by atoms with Gasteiger partial charge in [0.25, 0.3) is 0 Å². The molecule has 4 heteroatoms. The van der Waals surface area contributed by atoms with Crippen molar-refractivity contribution in [1.82, 2.24) is 0 Å². The highest BCUT2D eigenvalue weighted by Crippen LogP contribution is 2.29. The van der Waals surface area contributed by atoms with E-state index in [-0.39, 0.29) is 22.4 Å². The van der Waals surface area contributed by atoms with Crippen LogP contribution in [0.2, 0.25) is 0 Å². The lowest BCUT2D eigenvalue weighted by Gasteiger charge is -2.21. The minimum absolute atomic E-state index is 0.143. The lowest BCUT2D eigenvalue weighted by Crippen LogP contribution is -2.25. The Balaban J connectivity index is 1.80. The van der Waals surface area contributed by atoms with Gasteiger partial charge in [-0.1, -0.05) is 43.9 Å². The van der Waals surface area contributed by atoms with Crippen LogP contribution in [-0.4, -0.2) is 22.4 Å². The van der Waals surface area contributed by atoms with E-state index in [1.807, 2.05) is 0 Å². The first-order chi connectivity index (χ1) is 8.18. The summed E-state index contributed by atoms with van der Waals surface area (Å²) in [5.74, 6) is -0.432. The predicted octanol–water partition coefficient (Wildman–Crippen LogP) is 2.37. The highest BCUT2D eigenvalue weighted by molar-refractivity contribution is 8.15. The molecule has 0 N–H and O–H groups in total. The van der Waals surface area contributed by atoms with Crippen LogP contribution in [0.25, 0.3) is 0 Å². The van der Waals surface area contributed by atoms with E-state index in [2.05, 4.69) is 0 Å². The van der Waals surface area contributed by atoms with Crippen molar-refractivity contribution in [3.63, 3.8) is 0 Å². The van der Waals surface area contributed by atoms with E-state index >= 15 is 0 Å². The summed E-state index contributed by atoms with van der Waals surface area (Å²) in [5.41, 5.74) is 0. The van der Waals surface area contributed by atoms with Crippen molar-refractivity contribution >= 4 is 28.4 Å². The van der Waals surface area contributed by atoms with Gasteiger partial charge in [-0.25, -0.2) is 0 Å². The fourth-order valence-corrected chi connectivity index (χ4v) is 3.60. The van der Waals surface area contributed by atoms with Gasteiger partial charge in [0.05, 0.1) is 5.75 Å². The quantitative estimate of drug-likeness (QED) is 0.723. The molecular weight excluding hydrogens is 236 g/mol. The average Bonchev–Trinajstić information content (AvgIpc) is 2.67. The van der Waals surface area contributed by atoms with E-state index < -0.39 is 5.92 Å². The lowest BCUT2D eigenvalue weighted by molar-refractivity contribution is -0.135. The van der Waals surface area contributed by atoms with Crippen LogP contribution in [0.15, 0.2) is 0 Å². The van der Waals surface area contributed by atoms with Crippen molar-refractivity contribution in [3.8, 4) is 0 Å². The second-order valence-electron chi connectivity index (χ2n) is 5.02. The van der Waals surface area contributed by atoms with Crippen molar-refractivity contribution in [2.75, 3.05) is 5.75 Å². The summed E-state index contributed by atoms with van der Waals surface area (Å²) in [5, 5.41) is -0.233. The number of hydrogen-bond donors (Lipinski definition) is 0. The number of rotatable bonds is 4. The van der Waals surface area contributed by atoms with E-state index in [1.54, 1.807) is 0 Å². The Morgan fingerprint density at radius 1 is 1.18 bits per heavy atom. The molecule has 0 amide bonds. The molecule has 94 valence electrons. The van der Waals surface area contributed by atoms with Crippen molar-refractivity contribution in [2.45, 2.75) is 44.9 Å². The molecule has 17 heavy (non-hydrogen) atoms. The molecule has 1 saturated heterocycles. The topological polar surface area (TPSA) is 51.2 Å². The molecule has 2 aliphatic rings. The summed E-state index contributed by atoms with van der Waals surface area (Å²) in [4.78, 5) is 34.7. The number of ketones is 2. The third-order valence-corrected chi connectivity index (χ3v) is 4.71. The van der Waals surface area contributed by atoms with E-state index in [4.69, 9.17) is 0 Å². The maximum Gasteiger partial charge on any atom is 0.207 e. The molecule has 0 spiro atoms. The van der Waals surface area contributed by atoms with Gasteiger partial charge < -0.3 is 0 Å². The van der Waals surface area contributed by atoms with Gasteiger partial charge in [0.1, 0.15) is 5.92 Å². The third-order valence-electron chi connectivity index (χ3n) is 3.76. The third kappa shape index (κ3) is 3.18. The van der Waals surface area contributed by atoms with E-state index in [0.29, 0.717) is 12.3 Å². The zero-order chi connectivity index (χ0) is 12.3. The van der Waals surface area contributed by atoms with Crippen molar-refractivity contribution in [2.24, 2.45) is 11.8 Å². The summed E-state index contributed by atoms with van der Waals surface area (Å²) in [7, 11) is 0. The Hall–Kier alpha value is -0.640. The molecule has 1 aliphatic carbocycles. The Labute approximate surface area is 106 Å². The van der Waals surface area contributed by atoms with Gasteiger partial charge in [-0.3, -0.25) is 14.4 Å². The van der Waals surface area contributed by atoms with Gasteiger partial charge in [0.2, 0.25) is 5.12 Å². The molecule has 0 bridgehead atoms. The molecule has 2 rings (SSSR count). The SMILES string of the molecule is O=C(CCC1CCCCC1)C1C(=O)CSC1=O. The van der Waals surface area contributed by atoms with E-state index in [1.165, 1.54) is 32.1 Å². The minimum atomic E-state index is -0.927. The molecule has 3 nitrogen and oxygen atoms in total. The largest absolute Gasteiger partial charge is 0.298 e. The zero-order valence-corrected chi connectivity index (χ0v) is 10.8. The Kier molecular flexibility index (Phi) is 4.37. The molecule has 0 aromatic heterocycles. The van der Waals surface area contributed by atoms with Crippen LogP contribution >= 0.6 is 11.8 Å². The molecule has 1 atom stereocenters. The van der Waals surface area contributed by atoms with Crippen LogP contribution < -0.4 is 0 Å². The van der Waals surface area contributed by atoms with Crippen LogP contribution in [0.1, 0.15) is 44.9 Å². The van der Waals surface area contributed by atoms with Gasteiger partial charge in [0.15, 0.2) is 11.6 Å². The number of thioether (sulfide) groups is 1. The highest BCUT2D eigenvalue weighted by atomic mass is 32.2. The zero-order valence-electron chi connectivity index (χ0n) is 9.94. The molecule has 0 aromatic rings. The number of Topliss-reactive ketones (excluding diaryl/α,β-unsaturated/α-hetero) is 2. The average molecular weight is 254 g/mol. The second kappa shape index (κ2) is 5.80. The number of carbonyl (C=O) groups is 3. The first kappa shape index (κ1) is 12.8. The summed E-state index contributed by atoms with van der Waals surface area (Å²) in [6, 6.07) is 0. The Morgan fingerprint density at radius 2 is 1.88 bits per heavy atom. The standard InChI is InChI=1S/C13H18O3S/c14-10(12-11(15)8-17-13(12)16)7-6-9-4-2-1-3-5-9/h9,12H,1-8H2. The molecule has 0 aromatic carbocycles. The van der Waals surface area contributed by atoms with E-state index in [9.17, 15) is 14.4 Å². The molecule has 1 saturated carbocycles. The fraction of sp³-hybridized carbons (Fsp3) is 0.769. The molecule has 1 unspecified atom stereocenters. The Morgan fingerprint density at radius 3 is 2.47 bits per heavy atom. The van der Waals surface area contributed by atoms with Crippen LogP contribution in [0.5, 0.6) is 0 Å². The minimum Gasteiger partial charge on any atom is -0.298 e. The second-order valence-corrected chi connectivity index (χ2v) is 6.00. The lowest BCUT2D eigenvalue weighted by atomic mass is 9.84. The number of carbonyl (C=O) groups excluding carboxylic acids is 3. The highest BCUT2D eigenvalue weighted by Gasteiger charge is 2.39. The molecule has 1 heterocycles. The molecular formula is C13H18O3S. The summed E-state index contributed by atoms with van der Waals surface area (Å²) in [6.07, 6.45) is 7.50. The smallest absolute Gasteiger partial charge is 0.207 e. The van der Waals surface area contributed by atoms with Crippen molar-refractivity contribution < 1.29 is 14.4 Å². The predicted molar refractivity (Wildman–Crippen MR) is 66.8 cm³/mol. The fourth-order valence-electron chi connectivity index (χ4n) is 2.72. The first-order valence-corrected chi connectivity index (χ1v) is 7.39.